The molecule has 2 aromatic carbocycles. The second-order valence-electron chi connectivity index (χ2n) is 6.83. The summed E-state index contributed by atoms with van der Waals surface area (Å²) in [7, 11) is 1.67. The third-order valence-corrected chi connectivity index (χ3v) is 5.00. The molecule has 1 saturated heterocycles. The van der Waals surface area contributed by atoms with Gasteiger partial charge in [0.15, 0.2) is 5.78 Å². The van der Waals surface area contributed by atoms with Crippen molar-refractivity contribution < 1.29 is 14.3 Å². The number of piperazine rings is 1. The molecule has 0 unspecified atom stereocenters. The fraction of sp³-hybridized carbons (Fsp3) is 0.364. The maximum Gasteiger partial charge on any atom is 0.223 e. The monoisotopic (exact) mass is 366 g/mol. The van der Waals surface area contributed by atoms with E-state index in [2.05, 4.69) is 4.90 Å². The zero-order valence-corrected chi connectivity index (χ0v) is 16.0. The molecule has 1 aliphatic rings. The number of nitrogens with zero attached hydrogens (tertiary/aromatic N) is 2. The van der Waals surface area contributed by atoms with Crippen LogP contribution in [0, 0.1) is 6.92 Å². The number of benzene rings is 2. The zero-order valence-electron chi connectivity index (χ0n) is 16.0. The Hall–Kier alpha value is -2.82. The summed E-state index contributed by atoms with van der Waals surface area (Å²) in [6.45, 7) is 4.84. The molecule has 0 radical (unpaired) electrons. The molecule has 2 aromatic rings. The number of Topliss-reactive ketones (excluding diaryl/α,β-unsaturated/α-hetero) is 1. The summed E-state index contributed by atoms with van der Waals surface area (Å²) in [5, 5.41) is 0. The molecule has 1 aliphatic heterocycles. The van der Waals surface area contributed by atoms with Gasteiger partial charge in [-0.1, -0.05) is 42.0 Å². The third-order valence-electron chi connectivity index (χ3n) is 5.00. The highest BCUT2D eigenvalue weighted by Crippen LogP contribution is 2.28. The number of amides is 1. The first-order valence-corrected chi connectivity index (χ1v) is 9.34. The van der Waals surface area contributed by atoms with Crippen molar-refractivity contribution in [1.82, 2.24) is 4.90 Å². The Kier molecular flexibility index (Phi) is 6.12. The van der Waals surface area contributed by atoms with Gasteiger partial charge in [0.2, 0.25) is 5.91 Å². The van der Waals surface area contributed by atoms with E-state index >= 15 is 0 Å². The van der Waals surface area contributed by atoms with E-state index in [-0.39, 0.29) is 24.5 Å². The van der Waals surface area contributed by atoms with Gasteiger partial charge in [0, 0.05) is 44.6 Å². The number of carbonyl (C=O) groups is 2. The van der Waals surface area contributed by atoms with Crippen LogP contribution in [-0.4, -0.2) is 49.9 Å². The van der Waals surface area contributed by atoms with Crippen LogP contribution in [0.25, 0.3) is 0 Å². The molecule has 0 aromatic heterocycles. The molecule has 1 fully saturated rings. The Morgan fingerprint density at radius 1 is 0.926 bits per heavy atom. The lowest BCUT2D eigenvalue weighted by Gasteiger charge is -2.36. The van der Waals surface area contributed by atoms with Crippen LogP contribution in [-0.2, 0) is 4.79 Å². The summed E-state index contributed by atoms with van der Waals surface area (Å²) in [6.07, 6.45) is 0.524. The average Bonchev–Trinajstić information content (AvgIpc) is 2.72. The second-order valence-corrected chi connectivity index (χ2v) is 6.83. The number of para-hydroxylation sites is 2. The number of carbonyl (C=O) groups excluding carboxylic acids is 2. The van der Waals surface area contributed by atoms with E-state index in [4.69, 9.17) is 4.74 Å². The molecule has 0 atom stereocenters. The topological polar surface area (TPSA) is 49.9 Å². The number of hydrogen-bond donors (Lipinski definition) is 0. The smallest absolute Gasteiger partial charge is 0.223 e. The van der Waals surface area contributed by atoms with E-state index in [0.29, 0.717) is 18.7 Å². The Morgan fingerprint density at radius 3 is 2.26 bits per heavy atom. The van der Waals surface area contributed by atoms with Crippen molar-refractivity contribution in [1.29, 1.82) is 0 Å². The highest BCUT2D eigenvalue weighted by molar-refractivity contribution is 5.98. The van der Waals surface area contributed by atoms with Crippen LogP contribution in [0.2, 0.25) is 0 Å². The molecular weight excluding hydrogens is 340 g/mol. The molecule has 1 heterocycles. The maximum absolute atomic E-state index is 12.5. The highest BCUT2D eigenvalue weighted by atomic mass is 16.5. The van der Waals surface area contributed by atoms with Gasteiger partial charge in [0.05, 0.1) is 12.8 Å². The molecule has 0 saturated carbocycles. The number of rotatable bonds is 6. The molecule has 142 valence electrons. The molecule has 3 rings (SSSR count). The number of hydrogen-bond acceptors (Lipinski definition) is 4. The minimum absolute atomic E-state index is 0.0241. The number of aryl methyl sites for hydroxylation is 1. The predicted octanol–water partition coefficient (Wildman–Crippen LogP) is 3.32. The van der Waals surface area contributed by atoms with Crippen molar-refractivity contribution in [2.45, 2.75) is 19.8 Å². The summed E-state index contributed by atoms with van der Waals surface area (Å²) in [4.78, 5) is 28.8. The lowest BCUT2D eigenvalue weighted by molar-refractivity contribution is -0.131. The molecule has 27 heavy (non-hydrogen) atoms. The first-order valence-electron chi connectivity index (χ1n) is 9.34. The fourth-order valence-corrected chi connectivity index (χ4v) is 3.35. The van der Waals surface area contributed by atoms with E-state index in [1.54, 1.807) is 7.11 Å². The van der Waals surface area contributed by atoms with Crippen LogP contribution in [0.4, 0.5) is 5.69 Å². The van der Waals surface area contributed by atoms with Crippen LogP contribution in [0.5, 0.6) is 5.75 Å². The number of ketones is 1. The van der Waals surface area contributed by atoms with E-state index < -0.39 is 0 Å². The van der Waals surface area contributed by atoms with Crippen molar-refractivity contribution >= 4 is 17.4 Å². The van der Waals surface area contributed by atoms with Gasteiger partial charge >= 0.3 is 0 Å². The van der Waals surface area contributed by atoms with Gasteiger partial charge in [0.1, 0.15) is 5.75 Å². The number of anilines is 1. The van der Waals surface area contributed by atoms with Gasteiger partial charge in [-0.2, -0.15) is 0 Å². The number of ether oxygens (including phenoxy) is 1. The molecule has 5 nitrogen and oxygen atoms in total. The van der Waals surface area contributed by atoms with Gasteiger partial charge in [-0.15, -0.1) is 0 Å². The minimum atomic E-state index is 0.0241. The number of methoxy groups -OCH3 is 1. The van der Waals surface area contributed by atoms with Crippen molar-refractivity contribution in [3.8, 4) is 5.75 Å². The summed E-state index contributed by atoms with van der Waals surface area (Å²) < 4.78 is 5.43. The SMILES string of the molecule is COc1ccccc1N1CCN(C(=O)CCC(=O)c2ccc(C)cc2)CC1. The van der Waals surface area contributed by atoms with E-state index in [1.807, 2.05) is 60.4 Å². The van der Waals surface area contributed by atoms with Crippen LogP contribution in [0.1, 0.15) is 28.8 Å². The molecule has 0 bridgehead atoms. The van der Waals surface area contributed by atoms with Gasteiger partial charge in [0.25, 0.3) is 0 Å². The summed E-state index contributed by atoms with van der Waals surface area (Å²) in [5.74, 6) is 0.923. The van der Waals surface area contributed by atoms with Gasteiger partial charge in [-0.25, -0.2) is 0 Å². The Bertz CT molecular complexity index is 793. The minimum Gasteiger partial charge on any atom is -0.495 e. The van der Waals surface area contributed by atoms with E-state index in [1.165, 1.54) is 0 Å². The standard InChI is InChI=1S/C22H26N2O3/c1-17-7-9-18(10-8-17)20(25)11-12-22(26)24-15-13-23(14-16-24)19-5-3-4-6-21(19)27-2/h3-10H,11-16H2,1-2H3. The average molecular weight is 366 g/mol. The quantitative estimate of drug-likeness (QED) is 0.736. The molecule has 0 N–H and O–H groups in total. The molecule has 0 aliphatic carbocycles. The molecule has 1 amide bonds. The van der Waals surface area contributed by atoms with Crippen molar-refractivity contribution in [2.24, 2.45) is 0 Å². The largest absolute Gasteiger partial charge is 0.495 e. The molecule has 0 spiro atoms. The molecular formula is C22H26N2O3. The van der Waals surface area contributed by atoms with Crippen molar-refractivity contribution in [3.05, 3.63) is 59.7 Å². The zero-order chi connectivity index (χ0) is 19.2. The maximum atomic E-state index is 12.5. The lowest BCUT2D eigenvalue weighted by Crippen LogP contribution is -2.48. The Balaban J connectivity index is 1.50. The van der Waals surface area contributed by atoms with Crippen LogP contribution >= 0.6 is 0 Å². The Morgan fingerprint density at radius 2 is 1.59 bits per heavy atom. The van der Waals surface area contributed by atoms with Gasteiger partial charge < -0.3 is 14.5 Å². The summed E-state index contributed by atoms with van der Waals surface area (Å²) >= 11 is 0. The van der Waals surface area contributed by atoms with Crippen molar-refractivity contribution in [3.63, 3.8) is 0 Å². The van der Waals surface area contributed by atoms with Crippen molar-refractivity contribution in [2.75, 3.05) is 38.2 Å². The van der Waals surface area contributed by atoms with Crippen LogP contribution in [0.15, 0.2) is 48.5 Å². The summed E-state index contributed by atoms with van der Waals surface area (Å²) in [6, 6.07) is 15.4. The lowest BCUT2D eigenvalue weighted by atomic mass is 10.0. The highest BCUT2D eigenvalue weighted by Gasteiger charge is 2.23. The normalized spacial score (nSPS) is 14.1. The van der Waals surface area contributed by atoms with Crippen LogP contribution in [0.3, 0.4) is 0 Å². The van der Waals surface area contributed by atoms with E-state index in [0.717, 1.165) is 30.1 Å². The van der Waals surface area contributed by atoms with Gasteiger partial charge in [-0.05, 0) is 19.1 Å². The van der Waals surface area contributed by atoms with Gasteiger partial charge in [-0.3, -0.25) is 9.59 Å². The van der Waals surface area contributed by atoms with E-state index in [9.17, 15) is 9.59 Å². The summed E-state index contributed by atoms with van der Waals surface area (Å²) in [5.41, 5.74) is 2.85. The Labute approximate surface area is 160 Å². The molecule has 5 heteroatoms. The predicted molar refractivity (Wildman–Crippen MR) is 107 cm³/mol. The first kappa shape index (κ1) is 19.0. The third kappa shape index (κ3) is 4.67. The first-order chi connectivity index (χ1) is 13.1. The van der Waals surface area contributed by atoms with Crippen LogP contribution < -0.4 is 9.64 Å². The fourth-order valence-electron chi connectivity index (χ4n) is 3.35. The second kappa shape index (κ2) is 8.71.